The summed E-state index contributed by atoms with van der Waals surface area (Å²) in [6.07, 6.45) is 0.427. The van der Waals surface area contributed by atoms with Crippen LogP contribution in [0, 0.1) is 0 Å². The normalized spacial score (nSPS) is 14.7. The summed E-state index contributed by atoms with van der Waals surface area (Å²) in [6, 6.07) is 14.5. The number of sulfonamides is 1. The quantitative estimate of drug-likeness (QED) is 0.869. The first-order valence-electron chi connectivity index (χ1n) is 8.11. The van der Waals surface area contributed by atoms with Crippen molar-refractivity contribution < 1.29 is 13.2 Å². The molecule has 0 spiro atoms. The summed E-state index contributed by atoms with van der Waals surface area (Å²) in [5.74, 6) is 0.609. The van der Waals surface area contributed by atoms with Crippen LogP contribution >= 0.6 is 11.8 Å². The first kappa shape index (κ1) is 18.0. The standard InChI is InChI=1S/C18H20N2O3S2/c1-2-20(13-14-6-4-3-5-7-14)25(22,23)15-8-9-17-16(12-15)19-18(21)10-11-24-17/h3-9,12H,2,10-11,13H2,1H3,(H,19,21). The molecule has 132 valence electrons. The van der Waals surface area contributed by atoms with Gasteiger partial charge in [-0.2, -0.15) is 4.31 Å². The number of nitrogens with zero attached hydrogens (tertiary/aromatic N) is 1. The van der Waals surface area contributed by atoms with E-state index in [2.05, 4.69) is 5.32 Å². The van der Waals surface area contributed by atoms with Gasteiger partial charge in [-0.25, -0.2) is 8.42 Å². The lowest BCUT2D eigenvalue weighted by Crippen LogP contribution is -2.30. The fourth-order valence-electron chi connectivity index (χ4n) is 2.66. The highest BCUT2D eigenvalue weighted by molar-refractivity contribution is 7.99. The van der Waals surface area contributed by atoms with Crippen LogP contribution in [0.15, 0.2) is 58.3 Å². The molecule has 1 aliphatic rings. The second-order valence-electron chi connectivity index (χ2n) is 5.72. The number of fused-ring (bicyclic) bond motifs is 1. The van der Waals surface area contributed by atoms with Crippen LogP contribution in [0.1, 0.15) is 18.9 Å². The third kappa shape index (κ3) is 4.05. The predicted octanol–water partition coefficient (Wildman–Crippen LogP) is 3.33. The number of benzene rings is 2. The number of thioether (sulfide) groups is 1. The van der Waals surface area contributed by atoms with Gasteiger partial charge in [-0.1, -0.05) is 37.3 Å². The minimum atomic E-state index is -3.64. The summed E-state index contributed by atoms with van der Waals surface area (Å²) in [4.78, 5) is 12.9. The minimum absolute atomic E-state index is 0.0857. The van der Waals surface area contributed by atoms with E-state index in [0.717, 1.165) is 10.5 Å². The Bertz CT molecular complexity index is 867. The van der Waals surface area contributed by atoms with Crippen molar-refractivity contribution in [3.63, 3.8) is 0 Å². The van der Waals surface area contributed by atoms with E-state index >= 15 is 0 Å². The average molecular weight is 377 g/mol. The number of amides is 1. The number of nitrogens with one attached hydrogen (secondary N) is 1. The highest BCUT2D eigenvalue weighted by Gasteiger charge is 2.25. The van der Waals surface area contributed by atoms with Crippen molar-refractivity contribution >= 4 is 33.4 Å². The Balaban J connectivity index is 1.92. The monoisotopic (exact) mass is 376 g/mol. The van der Waals surface area contributed by atoms with Crippen LogP contribution in [-0.4, -0.2) is 30.9 Å². The lowest BCUT2D eigenvalue weighted by atomic mass is 10.2. The second kappa shape index (κ2) is 7.59. The van der Waals surface area contributed by atoms with E-state index in [9.17, 15) is 13.2 Å². The molecule has 0 saturated carbocycles. The van der Waals surface area contributed by atoms with Gasteiger partial charge in [-0.3, -0.25) is 4.79 Å². The maximum atomic E-state index is 13.0. The van der Waals surface area contributed by atoms with Crippen molar-refractivity contribution in [2.45, 2.75) is 29.7 Å². The summed E-state index contributed by atoms with van der Waals surface area (Å²) in [6.45, 7) is 2.51. The number of rotatable bonds is 5. The average Bonchev–Trinajstić information content (AvgIpc) is 2.80. The molecule has 0 bridgehead atoms. The molecule has 0 atom stereocenters. The molecule has 1 aliphatic heterocycles. The van der Waals surface area contributed by atoms with Crippen molar-refractivity contribution in [1.82, 2.24) is 4.31 Å². The zero-order valence-corrected chi connectivity index (χ0v) is 15.6. The molecule has 25 heavy (non-hydrogen) atoms. The van der Waals surface area contributed by atoms with Gasteiger partial charge >= 0.3 is 0 Å². The molecular formula is C18H20N2O3S2. The summed E-state index contributed by atoms with van der Waals surface area (Å²) < 4.78 is 27.5. The SMILES string of the molecule is CCN(Cc1ccccc1)S(=O)(=O)c1ccc2c(c1)NC(=O)CCS2. The van der Waals surface area contributed by atoms with E-state index in [-0.39, 0.29) is 10.8 Å². The van der Waals surface area contributed by atoms with Crippen LogP contribution in [-0.2, 0) is 21.4 Å². The molecule has 0 aliphatic carbocycles. The van der Waals surface area contributed by atoms with Gasteiger partial charge in [-0.15, -0.1) is 11.8 Å². The summed E-state index contributed by atoms with van der Waals surface area (Å²) in [5, 5.41) is 2.80. The number of carbonyl (C=O) groups excluding carboxylic acids is 1. The Kier molecular flexibility index (Phi) is 5.46. The largest absolute Gasteiger partial charge is 0.325 e. The first-order chi connectivity index (χ1) is 12.0. The molecule has 3 rings (SSSR count). The number of carbonyl (C=O) groups is 1. The lowest BCUT2D eigenvalue weighted by molar-refractivity contribution is -0.115. The molecule has 0 fully saturated rings. The van der Waals surface area contributed by atoms with Crippen LogP contribution in [0.4, 0.5) is 5.69 Å². The topological polar surface area (TPSA) is 66.5 Å². The van der Waals surface area contributed by atoms with E-state index in [1.807, 2.05) is 37.3 Å². The Morgan fingerprint density at radius 3 is 2.64 bits per heavy atom. The van der Waals surface area contributed by atoms with E-state index in [1.54, 1.807) is 30.0 Å². The predicted molar refractivity (Wildman–Crippen MR) is 100 cm³/mol. The van der Waals surface area contributed by atoms with Crippen LogP contribution in [0.3, 0.4) is 0 Å². The Labute approximate surface area is 152 Å². The maximum absolute atomic E-state index is 13.0. The van der Waals surface area contributed by atoms with Crippen LogP contribution in [0.2, 0.25) is 0 Å². The molecule has 0 unspecified atom stereocenters. The van der Waals surface area contributed by atoms with Crippen LogP contribution in [0.25, 0.3) is 0 Å². The molecule has 1 N–H and O–H groups in total. The zero-order chi connectivity index (χ0) is 17.9. The Morgan fingerprint density at radius 1 is 1.16 bits per heavy atom. The molecule has 0 radical (unpaired) electrons. The first-order valence-corrected chi connectivity index (χ1v) is 10.5. The van der Waals surface area contributed by atoms with Gasteiger partial charge in [0, 0.05) is 30.2 Å². The highest BCUT2D eigenvalue weighted by atomic mass is 32.2. The van der Waals surface area contributed by atoms with E-state index in [0.29, 0.717) is 31.0 Å². The summed E-state index contributed by atoms with van der Waals surface area (Å²) >= 11 is 1.56. The third-order valence-electron chi connectivity index (χ3n) is 4.00. The lowest BCUT2D eigenvalue weighted by Gasteiger charge is -2.21. The summed E-state index contributed by atoms with van der Waals surface area (Å²) in [5.41, 5.74) is 1.51. The molecule has 0 saturated heterocycles. The molecule has 7 heteroatoms. The number of hydrogen-bond acceptors (Lipinski definition) is 4. The van der Waals surface area contributed by atoms with Crippen LogP contribution in [0.5, 0.6) is 0 Å². The Hall–Kier alpha value is -1.83. The van der Waals surface area contributed by atoms with Crippen molar-refractivity contribution in [3.05, 3.63) is 54.1 Å². The van der Waals surface area contributed by atoms with Crippen molar-refractivity contribution in [3.8, 4) is 0 Å². The molecule has 0 aromatic heterocycles. The number of anilines is 1. The van der Waals surface area contributed by atoms with Gasteiger partial charge in [-0.05, 0) is 23.8 Å². The Morgan fingerprint density at radius 2 is 1.92 bits per heavy atom. The van der Waals surface area contributed by atoms with Gasteiger partial charge in [0.1, 0.15) is 0 Å². The summed E-state index contributed by atoms with van der Waals surface area (Å²) in [7, 11) is -3.64. The number of hydrogen-bond donors (Lipinski definition) is 1. The fourth-order valence-corrected chi connectivity index (χ4v) is 5.06. The minimum Gasteiger partial charge on any atom is -0.325 e. The van der Waals surface area contributed by atoms with Gasteiger partial charge in [0.05, 0.1) is 10.6 Å². The molecule has 2 aromatic carbocycles. The van der Waals surface area contributed by atoms with E-state index < -0.39 is 10.0 Å². The van der Waals surface area contributed by atoms with E-state index in [4.69, 9.17) is 0 Å². The van der Waals surface area contributed by atoms with Gasteiger partial charge < -0.3 is 5.32 Å². The maximum Gasteiger partial charge on any atom is 0.243 e. The van der Waals surface area contributed by atoms with Crippen LogP contribution < -0.4 is 5.32 Å². The third-order valence-corrected chi connectivity index (χ3v) is 7.00. The molecule has 1 heterocycles. The molecular weight excluding hydrogens is 356 g/mol. The zero-order valence-electron chi connectivity index (χ0n) is 13.9. The molecule has 1 amide bonds. The van der Waals surface area contributed by atoms with Gasteiger partial charge in [0.15, 0.2) is 0 Å². The smallest absolute Gasteiger partial charge is 0.243 e. The fraction of sp³-hybridized carbons (Fsp3) is 0.278. The van der Waals surface area contributed by atoms with Crippen molar-refractivity contribution in [2.75, 3.05) is 17.6 Å². The van der Waals surface area contributed by atoms with Crippen molar-refractivity contribution in [2.24, 2.45) is 0 Å². The van der Waals surface area contributed by atoms with Gasteiger partial charge in [0.2, 0.25) is 15.9 Å². The van der Waals surface area contributed by atoms with E-state index in [1.165, 1.54) is 4.31 Å². The highest BCUT2D eigenvalue weighted by Crippen LogP contribution is 2.33. The molecule has 5 nitrogen and oxygen atoms in total. The second-order valence-corrected chi connectivity index (χ2v) is 8.80. The molecule has 2 aromatic rings. The van der Waals surface area contributed by atoms with Gasteiger partial charge in [0.25, 0.3) is 0 Å². The van der Waals surface area contributed by atoms with Crippen molar-refractivity contribution in [1.29, 1.82) is 0 Å².